The Labute approximate surface area is 96.4 Å². The number of nitrogens with one attached hydrogen (secondary N) is 1. The third kappa shape index (κ3) is 3.51. The molecule has 0 heterocycles. The Balaban J connectivity index is 3.08. The summed E-state index contributed by atoms with van der Waals surface area (Å²) in [6, 6.07) is 3.95. The first-order valence-electron chi connectivity index (χ1n) is 4.28. The van der Waals surface area contributed by atoms with Crippen molar-refractivity contribution < 1.29 is 22.2 Å². The zero-order valence-electron chi connectivity index (χ0n) is 8.34. The Hall–Kier alpha value is -1.98. The summed E-state index contributed by atoms with van der Waals surface area (Å²) in [6.45, 7) is 0. The maximum atomic E-state index is 13.2. The summed E-state index contributed by atoms with van der Waals surface area (Å²) in [5, 5.41) is 10.2. The molecule has 0 radical (unpaired) electrons. The number of nitriles is 1. The van der Waals surface area contributed by atoms with Crippen LogP contribution in [0.15, 0.2) is 23.1 Å². The molecule has 0 aromatic heterocycles. The summed E-state index contributed by atoms with van der Waals surface area (Å²) in [4.78, 5) is 10.5. The lowest BCUT2D eigenvalue weighted by Crippen LogP contribution is -2.12. The molecule has 0 aliphatic rings. The normalized spacial score (nSPS) is 10.6. The van der Waals surface area contributed by atoms with E-state index in [0.717, 1.165) is 18.2 Å². The molecule has 0 fully saturated rings. The summed E-state index contributed by atoms with van der Waals surface area (Å²) in [5.74, 6) is -1.65. The van der Waals surface area contributed by atoms with Crippen molar-refractivity contribution in [2.24, 2.45) is 0 Å². The molecule has 0 aliphatic heterocycles. The molecule has 0 bridgehead atoms. The van der Waals surface area contributed by atoms with Crippen LogP contribution in [0.25, 0.3) is 0 Å². The molecule has 0 saturated carbocycles. The van der Waals surface area contributed by atoms with Gasteiger partial charge in [-0.15, -0.1) is 0 Å². The Kier molecular flexibility index (Phi) is 3.77. The fourth-order valence-electron chi connectivity index (χ4n) is 1.03. The fourth-order valence-corrected chi connectivity index (χ4v) is 1.53. The average Bonchev–Trinajstić information content (AvgIpc) is 2.20. The topological polar surface area (TPSA) is 107 Å². The van der Waals surface area contributed by atoms with E-state index in [-0.39, 0.29) is 0 Å². The van der Waals surface area contributed by atoms with Crippen molar-refractivity contribution in [2.45, 2.75) is 11.3 Å². The lowest BCUT2D eigenvalue weighted by atomic mass is 10.3. The van der Waals surface area contributed by atoms with E-state index in [0.29, 0.717) is 0 Å². The van der Waals surface area contributed by atoms with E-state index in [1.165, 1.54) is 0 Å². The van der Waals surface area contributed by atoms with Crippen molar-refractivity contribution in [1.29, 1.82) is 5.26 Å². The van der Waals surface area contributed by atoms with E-state index in [1.54, 1.807) is 6.07 Å². The molecular weight excluding hydrogens is 251 g/mol. The SMILES string of the molecule is N#CCC(=O)Nc1cc(S(=O)(=O)O)ccc1F. The Bertz CT molecular complexity index is 592. The molecule has 1 aromatic carbocycles. The molecule has 0 spiro atoms. The molecule has 1 rings (SSSR count). The Morgan fingerprint density at radius 2 is 2.18 bits per heavy atom. The van der Waals surface area contributed by atoms with Gasteiger partial charge in [0.05, 0.1) is 16.7 Å². The van der Waals surface area contributed by atoms with E-state index in [9.17, 15) is 17.6 Å². The van der Waals surface area contributed by atoms with E-state index >= 15 is 0 Å². The van der Waals surface area contributed by atoms with Crippen molar-refractivity contribution in [2.75, 3.05) is 5.32 Å². The predicted molar refractivity (Wildman–Crippen MR) is 55.1 cm³/mol. The van der Waals surface area contributed by atoms with Gasteiger partial charge in [0, 0.05) is 0 Å². The smallest absolute Gasteiger partial charge is 0.294 e. The first-order chi connectivity index (χ1) is 7.84. The molecule has 17 heavy (non-hydrogen) atoms. The summed E-state index contributed by atoms with van der Waals surface area (Å²) < 4.78 is 43.5. The van der Waals surface area contributed by atoms with Crippen LogP contribution in [0.4, 0.5) is 10.1 Å². The molecule has 2 N–H and O–H groups in total. The minimum atomic E-state index is -4.47. The second-order valence-corrected chi connectivity index (χ2v) is 4.42. The Morgan fingerprint density at radius 3 is 2.71 bits per heavy atom. The predicted octanol–water partition coefficient (Wildman–Crippen LogP) is 0.925. The van der Waals surface area contributed by atoms with Crippen LogP contribution in [0, 0.1) is 17.1 Å². The number of hydrogen-bond donors (Lipinski definition) is 2. The van der Waals surface area contributed by atoms with Gasteiger partial charge >= 0.3 is 0 Å². The standard InChI is InChI=1S/C9H7FN2O4S/c10-7-2-1-6(17(14,15)16)5-8(7)12-9(13)3-4-11/h1-2,5H,3H2,(H,12,13)(H,14,15,16). The number of carbonyl (C=O) groups is 1. The quantitative estimate of drug-likeness (QED) is 0.784. The largest absolute Gasteiger partial charge is 0.323 e. The van der Waals surface area contributed by atoms with Gasteiger partial charge in [0.2, 0.25) is 5.91 Å². The second-order valence-electron chi connectivity index (χ2n) is 3.00. The number of anilines is 1. The number of hydrogen-bond acceptors (Lipinski definition) is 4. The van der Waals surface area contributed by atoms with Crippen molar-refractivity contribution in [3.8, 4) is 6.07 Å². The summed E-state index contributed by atoms with van der Waals surface area (Å²) in [7, 11) is -4.47. The van der Waals surface area contributed by atoms with Crippen molar-refractivity contribution in [1.82, 2.24) is 0 Å². The van der Waals surface area contributed by atoms with Crippen LogP contribution in [-0.2, 0) is 14.9 Å². The number of nitrogens with zero attached hydrogens (tertiary/aromatic N) is 1. The maximum Gasteiger partial charge on any atom is 0.294 e. The fraction of sp³-hybridized carbons (Fsp3) is 0.111. The van der Waals surface area contributed by atoms with E-state index in [4.69, 9.17) is 9.81 Å². The highest BCUT2D eigenvalue weighted by atomic mass is 32.2. The van der Waals surface area contributed by atoms with Crippen LogP contribution in [0.5, 0.6) is 0 Å². The van der Waals surface area contributed by atoms with Gasteiger partial charge in [0.15, 0.2) is 0 Å². The number of carbonyl (C=O) groups excluding carboxylic acids is 1. The molecule has 0 unspecified atom stereocenters. The molecule has 1 aromatic rings. The average molecular weight is 258 g/mol. The van der Waals surface area contributed by atoms with E-state index in [1.807, 2.05) is 5.32 Å². The second kappa shape index (κ2) is 4.90. The van der Waals surface area contributed by atoms with Crippen LogP contribution >= 0.6 is 0 Å². The zero-order valence-corrected chi connectivity index (χ0v) is 9.16. The van der Waals surface area contributed by atoms with Gasteiger partial charge in [-0.1, -0.05) is 0 Å². The first kappa shape index (κ1) is 13.1. The van der Waals surface area contributed by atoms with Crippen LogP contribution in [-0.4, -0.2) is 18.9 Å². The minimum absolute atomic E-state index is 0.416. The lowest BCUT2D eigenvalue weighted by molar-refractivity contribution is -0.115. The van der Waals surface area contributed by atoms with Crippen LogP contribution in [0.2, 0.25) is 0 Å². The molecular formula is C9H7FN2O4S. The van der Waals surface area contributed by atoms with Gasteiger partial charge < -0.3 is 5.32 Å². The highest BCUT2D eigenvalue weighted by Crippen LogP contribution is 2.19. The van der Waals surface area contributed by atoms with Crippen LogP contribution < -0.4 is 5.32 Å². The number of amides is 1. The number of benzene rings is 1. The molecule has 90 valence electrons. The monoisotopic (exact) mass is 258 g/mol. The van der Waals surface area contributed by atoms with Crippen LogP contribution in [0.1, 0.15) is 6.42 Å². The van der Waals surface area contributed by atoms with Crippen molar-refractivity contribution >= 4 is 21.7 Å². The molecule has 0 atom stereocenters. The van der Waals surface area contributed by atoms with Gasteiger partial charge in [0.1, 0.15) is 12.2 Å². The first-order valence-corrected chi connectivity index (χ1v) is 5.72. The van der Waals surface area contributed by atoms with Gasteiger partial charge in [-0.05, 0) is 18.2 Å². The number of halogens is 1. The zero-order chi connectivity index (χ0) is 13.1. The highest BCUT2D eigenvalue weighted by molar-refractivity contribution is 7.85. The number of rotatable bonds is 3. The Morgan fingerprint density at radius 1 is 1.53 bits per heavy atom. The molecule has 8 heteroatoms. The van der Waals surface area contributed by atoms with Gasteiger partial charge in [-0.25, -0.2) is 4.39 Å². The summed E-state index contributed by atoms with van der Waals surface area (Å²) in [6.07, 6.45) is -0.491. The third-order valence-corrected chi connectivity index (χ3v) is 2.60. The molecule has 1 amide bonds. The van der Waals surface area contributed by atoms with Crippen molar-refractivity contribution in [3.05, 3.63) is 24.0 Å². The molecule has 0 saturated heterocycles. The highest BCUT2D eigenvalue weighted by Gasteiger charge is 2.14. The summed E-state index contributed by atoms with van der Waals surface area (Å²) >= 11 is 0. The van der Waals surface area contributed by atoms with Gasteiger partial charge in [-0.3, -0.25) is 9.35 Å². The van der Waals surface area contributed by atoms with Gasteiger partial charge in [-0.2, -0.15) is 13.7 Å². The van der Waals surface area contributed by atoms with Crippen molar-refractivity contribution in [3.63, 3.8) is 0 Å². The summed E-state index contributed by atoms with van der Waals surface area (Å²) in [5.41, 5.74) is -0.416. The van der Waals surface area contributed by atoms with E-state index in [2.05, 4.69) is 0 Å². The van der Waals surface area contributed by atoms with Gasteiger partial charge in [0.25, 0.3) is 10.1 Å². The molecule has 6 nitrogen and oxygen atoms in total. The lowest BCUT2D eigenvalue weighted by Gasteiger charge is -2.05. The van der Waals surface area contributed by atoms with E-state index < -0.39 is 38.8 Å². The van der Waals surface area contributed by atoms with Crippen LogP contribution in [0.3, 0.4) is 0 Å². The minimum Gasteiger partial charge on any atom is -0.323 e. The molecule has 0 aliphatic carbocycles. The maximum absolute atomic E-state index is 13.2. The third-order valence-electron chi connectivity index (χ3n) is 1.75.